The van der Waals surface area contributed by atoms with Crippen LogP contribution in [0, 0.1) is 22.7 Å². The molecule has 0 spiro atoms. The summed E-state index contributed by atoms with van der Waals surface area (Å²) in [7, 11) is 0. The average Bonchev–Trinajstić information content (AvgIpc) is 3.23. The van der Waals surface area contributed by atoms with Gasteiger partial charge in [-0.1, -0.05) is 31.0 Å². The number of nitrogens with zero attached hydrogens (tertiary/aromatic N) is 2. The van der Waals surface area contributed by atoms with Gasteiger partial charge in [-0.05, 0) is 138 Å². The van der Waals surface area contributed by atoms with Gasteiger partial charge in [-0.2, -0.15) is 0 Å². The molecule has 3 saturated carbocycles. The third kappa shape index (κ3) is 4.84. The maximum Gasteiger partial charge on any atom is 0.335 e. The summed E-state index contributed by atoms with van der Waals surface area (Å²) in [5.41, 5.74) is 2.66. The molecule has 0 aromatic carbocycles. The van der Waals surface area contributed by atoms with E-state index in [1.165, 1.54) is 57.0 Å². The van der Waals surface area contributed by atoms with Crippen LogP contribution in [-0.2, 0) is 4.84 Å². The van der Waals surface area contributed by atoms with Crippen molar-refractivity contribution in [2.45, 2.75) is 109 Å². The zero-order valence-electron chi connectivity index (χ0n) is 24.1. The molecule has 0 bridgehead atoms. The van der Waals surface area contributed by atoms with Crippen LogP contribution in [0.5, 0.6) is 0 Å². The summed E-state index contributed by atoms with van der Waals surface area (Å²) >= 11 is 0. The van der Waals surface area contributed by atoms with E-state index in [9.17, 15) is 9.90 Å². The number of allylic oxidation sites excluding steroid dienone is 2. The summed E-state index contributed by atoms with van der Waals surface area (Å²) in [4.78, 5) is 19.9. The third-order valence-electron chi connectivity index (χ3n) is 11.9. The van der Waals surface area contributed by atoms with Gasteiger partial charge in [-0.15, -0.1) is 0 Å². The second-order valence-electron chi connectivity index (χ2n) is 13.7. The van der Waals surface area contributed by atoms with Crippen molar-refractivity contribution in [3.63, 3.8) is 0 Å². The molecule has 0 radical (unpaired) electrons. The van der Waals surface area contributed by atoms with Crippen molar-refractivity contribution in [3.05, 3.63) is 46.0 Å². The molecule has 2 heterocycles. The van der Waals surface area contributed by atoms with E-state index >= 15 is 0 Å². The molecule has 6 heteroatoms. The molecule has 5 aliphatic rings. The quantitative estimate of drug-likeness (QED) is 0.321. The van der Waals surface area contributed by atoms with Gasteiger partial charge in [0, 0.05) is 11.5 Å². The van der Waals surface area contributed by atoms with Crippen LogP contribution in [0.25, 0.3) is 0 Å². The molecule has 1 aliphatic heterocycles. The van der Waals surface area contributed by atoms with Crippen molar-refractivity contribution >= 4 is 5.71 Å². The zero-order chi connectivity index (χ0) is 27.1. The highest BCUT2D eigenvalue weighted by Crippen LogP contribution is 2.69. The number of rotatable bonds is 7. The minimum absolute atomic E-state index is 0.130. The van der Waals surface area contributed by atoms with Gasteiger partial charge in [0.15, 0.2) is 0 Å². The molecule has 4 fully saturated rings. The van der Waals surface area contributed by atoms with Crippen LogP contribution in [0.4, 0.5) is 0 Å². The Morgan fingerprint density at radius 3 is 2.67 bits per heavy atom. The molecule has 39 heavy (non-hydrogen) atoms. The van der Waals surface area contributed by atoms with Gasteiger partial charge >= 0.3 is 5.63 Å². The van der Waals surface area contributed by atoms with Gasteiger partial charge in [0.25, 0.3) is 0 Å². The van der Waals surface area contributed by atoms with E-state index in [0.29, 0.717) is 18.4 Å². The summed E-state index contributed by atoms with van der Waals surface area (Å²) < 4.78 is 5.24. The Balaban J connectivity index is 1.09. The summed E-state index contributed by atoms with van der Waals surface area (Å²) in [6.45, 7) is 9.19. The Morgan fingerprint density at radius 2 is 1.87 bits per heavy atom. The van der Waals surface area contributed by atoms with E-state index in [-0.39, 0.29) is 22.4 Å². The Bertz CT molecular complexity index is 1130. The molecule has 1 saturated heterocycles. The number of piperidine rings is 1. The molecular weight excluding hydrogens is 488 g/mol. The normalized spacial score (nSPS) is 39.5. The fourth-order valence-electron chi connectivity index (χ4n) is 9.53. The predicted octanol–water partition coefficient (Wildman–Crippen LogP) is 6.44. The summed E-state index contributed by atoms with van der Waals surface area (Å²) in [6.07, 6.45) is 18.4. The first-order valence-electron chi connectivity index (χ1n) is 15.8. The lowest BCUT2D eigenvalue weighted by molar-refractivity contribution is -0.176. The lowest BCUT2D eigenvalue weighted by Gasteiger charge is -2.61. The Morgan fingerprint density at radius 1 is 1.03 bits per heavy atom. The molecule has 1 aromatic rings. The van der Waals surface area contributed by atoms with E-state index in [1.807, 2.05) is 6.07 Å². The minimum atomic E-state index is -0.670. The molecule has 0 amide bonds. The average molecular weight is 537 g/mol. The van der Waals surface area contributed by atoms with E-state index in [1.54, 1.807) is 6.26 Å². The van der Waals surface area contributed by atoms with E-state index < -0.39 is 5.60 Å². The molecular formula is C33H48N2O4. The predicted molar refractivity (Wildman–Crippen MR) is 154 cm³/mol. The van der Waals surface area contributed by atoms with Crippen molar-refractivity contribution < 1.29 is 14.4 Å². The number of likely N-dealkylation sites (tertiary alicyclic amines) is 1. The number of aliphatic hydroxyl groups is 1. The fraction of sp³-hybridized carbons (Fsp3) is 0.758. The van der Waals surface area contributed by atoms with Gasteiger partial charge in [0.2, 0.25) is 0 Å². The standard InChI is InChI=1S/C33H48N2O4/c1-31-15-12-26(34-39-21-7-6-20-35-18-4-3-5-19-35)22-25(31)9-10-29-28(31)13-16-32(2)27(14-17-33(29,32)37)24-8-11-30(36)38-23-24/h8,11,22-23,27-29,37H,3-7,9-10,12-21H2,1-2H3/t27-,28+,29-,31+,32-,33+/m1/s1. The van der Waals surface area contributed by atoms with E-state index in [4.69, 9.17) is 9.25 Å². The summed E-state index contributed by atoms with van der Waals surface area (Å²) in [5.74, 6) is 1.05. The SMILES string of the molecule is C[C@]12CCC(=NOCCCCN3CCCCC3)C=C1CC[C@@H]1[C@@H]2CC[C@]2(C)[C@@H](c3ccc(=O)oc3)CC[C@]12O. The monoisotopic (exact) mass is 536 g/mol. The van der Waals surface area contributed by atoms with Crippen LogP contribution in [0.15, 0.2) is 44.4 Å². The molecule has 214 valence electrons. The molecule has 6 rings (SSSR count). The molecule has 1 aromatic heterocycles. The second kappa shape index (κ2) is 10.8. The zero-order valence-corrected chi connectivity index (χ0v) is 24.1. The van der Waals surface area contributed by atoms with Crippen LogP contribution in [0.2, 0.25) is 0 Å². The second-order valence-corrected chi connectivity index (χ2v) is 13.7. The molecule has 6 nitrogen and oxygen atoms in total. The Hall–Kier alpha value is -1.92. The smallest absolute Gasteiger partial charge is 0.335 e. The first-order valence-corrected chi connectivity index (χ1v) is 15.8. The minimum Gasteiger partial charge on any atom is -0.431 e. The number of hydrogen-bond donors (Lipinski definition) is 1. The maximum absolute atomic E-state index is 12.4. The van der Waals surface area contributed by atoms with Gasteiger partial charge in [-0.25, -0.2) is 4.79 Å². The fourth-order valence-corrected chi connectivity index (χ4v) is 9.53. The molecule has 4 aliphatic carbocycles. The van der Waals surface area contributed by atoms with Gasteiger partial charge in [0.1, 0.15) is 6.61 Å². The van der Waals surface area contributed by atoms with Crippen molar-refractivity contribution in [1.29, 1.82) is 0 Å². The molecule has 0 unspecified atom stereocenters. The molecule has 1 N–H and O–H groups in total. The Kier molecular flexibility index (Phi) is 7.56. The lowest BCUT2D eigenvalue weighted by Crippen LogP contribution is -2.60. The van der Waals surface area contributed by atoms with Crippen molar-refractivity contribution in [2.75, 3.05) is 26.2 Å². The summed E-state index contributed by atoms with van der Waals surface area (Å²) in [5, 5.41) is 17.0. The highest BCUT2D eigenvalue weighted by Gasteiger charge is 2.66. The van der Waals surface area contributed by atoms with Crippen molar-refractivity contribution in [1.82, 2.24) is 4.90 Å². The third-order valence-corrected chi connectivity index (χ3v) is 11.9. The van der Waals surface area contributed by atoms with Crippen molar-refractivity contribution in [2.24, 2.45) is 27.8 Å². The van der Waals surface area contributed by atoms with Gasteiger partial charge < -0.3 is 19.3 Å². The van der Waals surface area contributed by atoms with Gasteiger partial charge in [-0.3, -0.25) is 0 Å². The van der Waals surface area contributed by atoms with E-state index in [0.717, 1.165) is 69.1 Å². The Labute approximate surface area is 233 Å². The largest absolute Gasteiger partial charge is 0.431 e. The van der Waals surface area contributed by atoms with E-state index in [2.05, 4.69) is 30.0 Å². The highest BCUT2D eigenvalue weighted by atomic mass is 16.6. The first-order chi connectivity index (χ1) is 18.8. The van der Waals surface area contributed by atoms with Crippen LogP contribution >= 0.6 is 0 Å². The number of hydrogen-bond acceptors (Lipinski definition) is 6. The first kappa shape index (κ1) is 27.3. The molecule has 6 atom stereocenters. The van der Waals surface area contributed by atoms with Crippen molar-refractivity contribution in [3.8, 4) is 0 Å². The highest BCUT2D eigenvalue weighted by molar-refractivity contribution is 5.96. The van der Waals surface area contributed by atoms with Crippen LogP contribution in [0.1, 0.15) is 109 Å². The topological polar surface area (TPSA) is 75.3 Å². The van der Waals surface area contributed by atoms with Crippen LogP contribution in [-0.4, -0.2) is 47.6 Å². The maximum atomic E-state index is 12.4. The number of fused-ring (bicyclic) bond motifs is 5. The lowest BCUT2D eigenvalue weighted by atomic mass is 9.45. The van der Waals surface area contributed by atoms with Crippen LogP contribution < -0.4 is 5.63 Å². The number of oxime groups is 1. The van der Waals surface area contributed by atoms with Crippen LogP contribution in [0.3, 0.4) is 0 Å². The number of unbranched alkanes of at least 4 members (excludes halogenated alkanes) is 1. The van der Waals surface area contributed by atoms with Gasteiger partial charge in [0.05, 0.1) is 17.6 Å². The summed E-state index contributed by atoms with van der Waals surface area (Å²) in [6, 6.07) is 3.45.